The van der Waals surface area contributed by atoms with E-state index < -0.39 is 35.0 Å². The summed E-state index contributed by atoms with van der Waals surface area (Å²) >= 11 is 1.27. The van der Waals surface area contributed by atoms with Gasteiger partial charge < -0.3 is 35.4 Å². The van der Waals surface area contributed by atoms with E-state index in [0.717, 1.165) is 18.1 Å². The molecule has 1 atom stereocenters. The molecule has 5 rings (SSSR count). The first-order valence-electron chi connectivity index (χ1n) is 14.6. The van der Waals surface area contributed by atoms with Crippen molar-refractivity contribution in [2.24, 2.45) is 5.92 Å². The van der Waals surface area contributed by atoms with Crippen LogP contribution in [0.2, 0.25) is 0 Å². The smallest absolute Gasteiger partial charge is 0.410 e. The summed E-state index contributed by atoms with van der Waals surface area (Å²) in [6.07, 6.45) is 6.24. The van der Waals surface area contributed by atoms with Crippen molar-refractivity contribution in [3.8, 4) is 11.5 Å². The van der Waals surface area contributed by atoms with E-state index in [0.29, 0.717) is 31.1 Å². The summed E-state index contributed by atoms with van der Waals surface area (Å²) in [5.74, 6) is -2.87. The number of carbonyl (C=O) groups is 2. The number of carbonyl (C=O) groups excluding carboxylic acids is 2. The van der Waals surface area contributed by atoms with Crippen LogP contribution in [0, 0.1) is 17.6 Å². The fourth-order valence-corrected chi connectivity index (χ4v) is 5.89. The minimum atomic E-state index is -0.969. The summed E-state index contributed by atoms with van der Waals surface area (Å²) in [7, 11) is 1.66. The van der Waals surface area contributed by atoms with Crippen LogP contribution >= 0.6 is 11.3 Å². The van der Waals surface area contributed by atoms with Gasteiger partial charge in [-0.15, -0.1) is 11.3 Å². The number of halogens is 2. The molecule has 2 aliphatic heterocycles. The standard InChI is InChI=1S/C32H36F2N6O4S/c1-32(2,3)44-31(42)39(4)17-20-9-8-14-40(18-20)27-24(15-23(33)28(26(27)34)43-22-10-6-5-7-11-22)37-29(41)25-19-45-30(38-25)21-12-13-35-36-16-21/h5-7,10-13,15-16,19-20,35-36H,8-9,14,17-18H2,1-4H3,(H,37,41)/t20-/m0/s1. The molecular formula is C32H36F2N6O4S. The molecule has 238 valence electrons. The average molecular weight is 639 g/mol. The van der Waals surface area contributed by atoms with Crippen LogP contribution in [0.25, 0.3) is 5.57 Å². The van der Waals surface area contributed by atoms with Crippen LogP contribution in [0.4, 0.5) is 25.0 Å². The molecule has 0 spiro atoms. The first-order valence-corrected chi connectivity index (χ1v) is 15.5. The molecular weight excluding hydrogens is 602 g/mol. The van der Waals surface area contributed by atoms with Gasteiger partial charge in [0.05, 0.1) is 5.69 Å². The molecule has 0 bridgehead atoms. The van der Waals surface area contributed by atoms with Gasteiger partial charge in [0.25, 0.3) is 5.91 Å². The molecule has 0 saturated carbocycles. The number of piperidine rings is 1. The number of hydrazine groups is 1. The third-order valence-corrected chi connectivity index (χ3v) is 7.97. The zero-order chi connectivity index (χ0) is 32.1. The van der Waals surface area contributed by atoms with Gasteiger partial charge in [-0.25, -0.2) is 18.6 Å². The van der Waals surface area contributed by atoms with Crippen LogP contribution in [0.3, 0.4) is 0 Å². The van der Waals surface area contributed by atoms with Crippen molar-refractivity contribution in [2.45, 2.75) is 39.2 Å². The van der Waals surface area contributed by atoms with Crippen LogP contribution in [0.5, 0.6) is 11.5 Å². The van der Waals surface area contributed by atoms with Crippen LogP contribution in [-0.2, 0) is 4.74 Å². The summed E-state index contributed by atoms with van der Waals surface area (Å²) in [5.41, 5.74) is 5.88. The van der Waals surface area contributed by atoms with E-state index in [1.807, 2.05) is 0 Å². The van der Waals surface area contributed by atoms with Gasteiger partial charge in [-0.2, -0.15) is 0 Å². The average Bonchev–Trinajstić information content (AvgIpc) is 3.50. The zero-order valence-electron chi connectivity index (χ0n) is 25.5. The van der Waals surface area contributed by atoms with Crippen molar-refractivity contribution in [2.75, 3.05) is 36.9 Å². The largest absolute Gasteiger partial charge is 0.451 e. The van der Waals surface area contributed by atoms with Crippen molar-refractivity contribution < 1.29 is 27.8 Å². The molecule has 1 aromatic heterocycles. The molecule has 13 heteroatoms. The summed E-state index contributed by atoms with van der Waals surface area (Å²) < 4.78 is 43.0. The van der Waals surface area contributed by atoms with Gasteiger partial charge in [0.2, 0.25) is 5.75 Å². The lowest BCUT2D eigenvalue weighted by Crippen LogP contribution is -2.43. The lowest BCUT2D eigenvalue weighted by Gasteiger charge is -2.37. The minimum Gasteiger partial charge on any atom is -0.451 e. The number of rotatable bonds is 8. The van der Waals surface area contributed by atoms with E-state index in [-0.39, 0.29) is 28.7 Å². The summed E-state index contributed by atoms with van der Waals surface area (Å²) in [5, 5.41) is 4.88. The fourth-order valence-electron chi connectivity index (χ4n) is 5.09. The van der Waals surface area contributed by atoms with Crippen LogP contribution in [0.1, 0.15) is 49.1 Å². The number of aromatic nitrogens is 1. The first kappa shape index (κ1) is 31.8. The molecule has 0 radical (unpaired) electrons. The number of hydrogen-bond acceptors (Lipinski definition) is 9. The van der Waals surface area contributed by atoms with Gasteiger partial charge in [-0.3, -0.25) is 4.79 Å². The van der Waals surface area contributed by atoms with Crippen molar-refractivity contribution in [3.63, 3.8) is 0 Å². The molecule has 0 aliphatic carbocycles. The first-order chi connectivity index (χ1) is 21.5. The number of ether oxygens (including phenoxy) is 2. The van der Waals surface area contributed by atoms with E-state index in [2.05, 4.69) is 21.2 Å². The van der Waals surface area contributed by atoms with Crippen molar-refractivity contribution >= 4 is 40.3 Å². The Balaban J connectivity index is 1.43. The summed E-state index contributed by atoms with van der Waals surface area (Å²) in [4.78, 5) is 33.7. The molecule has 2 aliphatic rings. The molecule has 45 heavy (non-hydrogen) atoms. The number of allylic oxidation sites excluding steroid dienone is 2. The van der Waals surface area contributed by atoms with E-state index in [9.17, 15) is 9.59 Å². The van der Waals surface area contributed by atoms with E-state index in [1.165, 1.54) is 16.2 Å². The monoisotopic (exact) mass is 638 g/mol. The predicted molar refractivity (Wildman–Crippen MR) is 170 cm³/mol. The Bertz CT molecular complexity index is 1600. The second-order valence-corrected chi connectivity index (χ2v) is 12.7. The lowest BCUT2D eigenvalue weighted by atomic mass is 9.96. The highest BCUT2D eigenvalue weighted by atomic mass is 32.1. The number of amides is 2. The molecule has 3 aromatic rings. The molecule has 2 amide bonds. The van der Waals surface area contributed by atoms with Crippen molar-refractivity contribution in [1.82, 2.24) is 20.7 Å². The van der Waals surface area contributed by atoms with Gasteiger partial charge in [-0.1, -0.05) is 18.2 Å². The number of thiazole rings is 1. The summed E-state index contributed by atoms with van der Waals surface area (Å²) in [6.45, 7) is 6.58. The number of para-hydroxylation sites is 1. The fraction of sp³-hybridized carbons (Fsp3) is 0.344. The van der Waals surface area contributed by atoms with Gasteiger partial charge in [0.15, 0.2) is 11.6 Å². The van der Waals surface area contributed by atoms with E-state index in [1.54, 1.807) is 86.9 Å². The van der Waals surface area contributed by atoms with Crippen molar-refractivity contribution in [1.29, 1.82) is 0 Å². The molecule has 3 N–H and O–H groups in total. The maximum atomic E-state index is 16.4. The number of benzene rings is 2. The second kappa shape index (κ2) is 13.6. The quantitative estimate of drug-likeness (QED) is 0.256. The van der Waals surface area contributed by atoms with Crippen LogP contribution in [0.15, 0.2) is 60.3 Å². The van der Waals surface area contributed by atoms with Gasteiger partial charge in [0.1, 0.15) is 27.7 Å². The Kier molecular flexibility index (Phi) is 9.57. The van der Waals surface area contributed by atoms with Crippen LogP contribution < -0.4 is 25.8 Å². The second-order valence-electron chi connectivity index (χ2n) is 11.8. The minimum absolute atomic E-state index is 0.00366. The number of nitrogens with one attached hydrogen (secondary N) is 3. The maximum Gasteiger partial charge on any atom is 0.410 e. The molecule has 0 unspecified atom stereocenters. The molecule has 2 aromatic carbocycles. The summed E-state index contributed by atoms with van der Waals surface area (Å²) in [6, 6.07) is 9.43. The van der Waals surface area contributed by atoms with Gasteiger partial charge in [0, 0.05) is 56.1 Å². The van der Waals surface area contributed by atoms with E-state index >= 15 is 8.78 Å². The molecule has 3 heterocycles. The van der Waals surface area contributed by atoms with Crippen molar-refractivity contribution in [3.05, 3.63) is 82.6 Å². The topological polar surface area (TPSA) is 108 Å². The molecule has 10 nitrogen and oxygen atoms in total. The van der Waals surface area contributed by atoms with Crippen LogP contribution in [-0.4, -0.2) is 54.2 Å². The third-order valence-electron chi connectivity index (χ3n) is 7.08. The molecule has 1 saturated heterocycles. The lowest BCUT2D eigenvalue weighted by molar-refractivity contribution is 0.0269. The highest BCUT2D eigenvalue weighted by molar-refractivity contribution is 7.11. The van der Waals surface area contributed by atoms with E-state index in [4.69, 9.17) is 9.47 Å². The third kappa shape index (κ3) is 7.90. The Morgan fingerprint density at radius 1 is 1.20 bits per heavy atom. The SMILES string of the molecule is CN(C[C@@H]1CCCN(c2c(NC(=O)c3csc(C4=CNNC=C4)n3)cc(F)c(Oc3ccccc3)c2F)C1)C(=O)OC(C)(C)C. The Hall–Kier alpha value is -4.65. The Morgan fingerprint density at radius 3 is 2.69 bits per heavy atom. The molecule has 1 fully saturated rings. The Morgan fingerprint density at radius 2 is 1.98 bits per heavy atom. The maximum absolute atomic E-state index is 16.4. The zero-order valence-corrected chi connectivity index (χ0v) is 26.3. The highest BCUT2D eigenvalue weighted by Crippen LogP contribution is 2.41. The number of hydrogen-bond donors (Lipinski definition) is 3. The number of anilines is 2. The van der Waals surface area contributed by atoms with Gasteiger partial charge in [-0.05, 0) is 57.7 Å². The van der Waals surface area contributed by atoms with Gasteiger partial charge >= 0.3 is 6.09 Å². The normalized spacial score (nSPS) is 16.3. The Labute approximate surface area is 264 Å². The highest BCUT2D eigenvalue weighted by Gasteiger charge is 2.31. The number of nitrogens with zero attached hydrogens (tertiary/aromatic N) is 3. The predicted octanol–water partition coefficient (Wildman–Crippen LogP) is 6.51.